The standard InChI is InChI=1S/C17H21FN2O/c1-12(2)19-10-15-5-4-6-16(20-15)11-21-17-9-14(18)8-7-13(17)3/h4-9,12,19H,10-11H2,1-3H3. The van der Waals surface area contributed by atoms with Gasteiger partial charge in [-0.25, -0.2) is 4.39 Å². The van der Waals surface area contributed by atoms with Crippen LogP contribution in [0.15, 0.2) is 36.4 Å². The molecule has 2 aromatic rings. The van der Waals surface area contributed by atoms with Gasteiger partial charge in [0.2, 0.25) is 0 Å². The van der Waals surface area contributed by atoms with E-state index in [1.54, 1.807) is 6.07 Å². The van der Waals surface area contributed by atoms with E-state index in [1.165, 1.54) is 12.1 Å². The van der Waals surface area contributed by atoms with Crippen LogP contribution in [0.3, 0.4) is 0 Å². The molecule has 2 rings (SSSR count). The minimum Gasteiger partial charge on any atom is -0.487 e. The van der Waals surface area contributed by atoms with Gasteiger partial charge in [-0.2, -0.15) is 0 Å². The van der Waals surface area contributed by atoms with Gasteiger partial charge >= 0.3 is 0 Å². The number of aromatic nitrogens is 1. The molecule has 1 aromatic heterocycles. The molecule has 0 saturated carbocycles. The molecule has 0 aliphatic carbocycles. The molecule has 3 nitrogen and oxygen atoms in total. The Labute approximate surface area is 125 Å². The molecule has 0 spiro atoms. The first-order valence-corrected chi connectivity index (χ1v) is 7.12. The number of hydrogen-bond donors (Lipinski definition) is 1. The van der Waals surface area contributed by atoms with Crippen LogP contribution in [0.4, 0.5) is 4.39 Å². The lowest BCUT2D eigenvalue weighted by molar-refractivity contribution is 0.297. The number of halogens is 1. The second kappa shape index (κ2) is 7.18. The topological polar surface area (TPSA) is 34.1 Å². The van der Waals surface area contributed by atoms with Crippen molar-refractivity contribution in [3.8, 4) is 5.75 Å². The first-order valence-electron chi connectivity index (χ1n) is 7.12. The third kappa shape index (κ3) is 4.83. The lowest BCUT2D eigenvalue weighted by Crippen LogP contribution is -2.22. The molecule has 0 amide bonds. The van der Waals surface area contributed by atoms with Crippen molar-refractivity contribution in [1.29, 1.82) is 0 Å². The van der Waals surface area contributed by atoms with Crippen LogP contribution in [0, 0.1) is 12.7 Å². The number of rotatable bonds is 6. The molecule has 0 aliphatic heterocycles. The molecule has 0 atom stereocenters. The van der Waals surface area contributed by atoms with Gasteiger partial charge in [-0.1, -0.05) is 26.0 Å². The Morgan fingerprint density at radius 3 is 2.71 bits per heavy atom. The number of aryl methyl sites for hydroxylation is 1. The lowest BCUT2D eigenvalue weighted by Gasteiger charge is -2.11. The predicted octanol–water partition coefficient (Wildman–Crippen LogP) is 3.61. The first kappa shape index (κ1) is 15.4. The van der Waals surface area contributed by atoms with Crippen LogP contribution in [0.5, 0.6) is 5.75 Å². The van der Waals surface area contributed by atoms with Crippen LogP contribution in [0.2, 0.25) is 0 Å². The highest BCUT2D eigenvalue weighted by Crippen LogP contribution is 2.19. The molecule has 0 aliphatic rings. The summed E-state index contributed by atoms with van der Waals surface area (Å²) in [6, 6.07) is 10.8. The van der Waals surface area contributed by atoms with E-state index >= 15 is 0 Å². The van der Waals surface area contributed by atoms with Crippen molar-refractivity contribution >= 4 is 0 Å². The van der Waals surface area contributed by atoms with E-state index in [-0.39, 0.29) is 5.82 Å². The van der Waals surface area contributed by atoms with Crippen LogP contribution in [0.25, 0.3) is 0 Å². The Kier molecular flexibility index (Phi) is 5.28. The summed E-state index contributed by atoms with van der Waals surface area (Å²) in [6.45, 7) is 7.15. The maximum atomic E-state index is 13.2. The van der Waals surface area contributed by atoms with Crippen LogP contribution >= 0.6 is 0 Å². The van der Waals surface area contributed by atoms with Crippen molar-refractivity contribution in [2.75, 3.05) is 0 Å². The highest BCUT2D eigenvalue weighted by atomic mass is 19.1. The molecule has 0 saturated heterocycles. The van der Waals surface area contributed by atoms with E-state index in [2.05, 4.69) is 24.1 Å². The quantitative estimate of drug-likeness (QED) is 0.881. The molecule has 1 heterocycles. The fourth-order valence-corrected chi connectivity index (χ4v) is 1.90. The average molecular weight is 288 g/mol. The van der Waals surface area contributed by atoms with Crippen molar-refractivity contribution in [2.24, 2.45) is 0 Å². The minimum atomic E-state index is -0.293. The Bertz CT molecular complexity index is 599. The number of nitrogens with one attached hydrogen (secondary N) is 1. The molecule has 0 bridgehead atoms. The molecule has 1 aromatic carbocycles. The summed E-state index contributed by atoms with van der Waals surface area (Å²) < 4.78 is 18.9. The summed E-state index contributed by atoms with van der Waals surface area (Å²) in [5, 5.41) is 3.33. The molecule has 1 N–H and O–H groups in total. The molecule has 4 heteroatoms. The van der Waals surface area contributed by atoms with Gasteiger partial charge < -0.3 is 10.1 Å². The van der Waals surface area contributed by atoms with Crippen LogP contribution in [-0.4, -0.2) is 11.0 Å². The van der Waals surface area contributed by atoms with Gasteiger partial charge in [0.25, 0.3) is 0 Å². The smallest absolute Gasteiger partial charge is 0.130 e. The van der Waals surface area contributed by atoms with E-state index in [0.717, 1.165) is 23.5 Å². The van der Waals surface area contributed by atoms with Gasteiger partial charge in [0.1, 0.15) is 18.2 Å². The van der Waals surface area contributed by atoms with Crippen molar-refractivity contribution < 1.29 is 9.13 Å². The third-order valence-corrected chi connectivity index (χ3v) is 3.08. The highest BCUT2D eigenvalue weighted by molar-refractivity contribution is 5.32. The molecule has 0 fully saturated rings. The fourth-order valence-electron chi connectivity index (χ4n) is 1.90. The number of benzene rings is 1. The maximum absolute atomic E-state index is 13.2. The average Bonchev–Trinajstić information content (AvgIpc) is 2.46. The van der Waals surface area contributed by atoms with E-state index < -0.39 is 0 Å². The molecule has 0 unspecified atom stereocenters. The van der Waals surface area contributed by atoms with Crippen LogP contribution in [0.1, 0.15) is 30.8 Å². The summed E-state index contributed by atoms with van der Waals surface area (Å²) in [6.07, 6.45) is 0. The summed E-state index contributed by atoms with van der Waals surface area (Å²) in [5.74, 6) is 0.265. The molecule has 21 heavy (non-hydrogen) atoms. The highest BCUT2D eigenvalue weighted by Gasteiger charge is 2.04. The maximum Gasteiger partial charge on any atom is 0.130 e. The number of pyridine rings is 1. The Hall–Kier alpha value is -1.94. The van der Waals surface area contributed by atoms with Gasteiger partial charge in [0.15, 0.2) is 0 Å². The number of hydrogen-bond acceptors (Lipinski definition) is 3. The molecular weight excluding hydrogens is 267 g/mol. The minimum absolute atomic E-state index is 0.293. The van der Waals surface area contributed by atoms with E-state index in [0.29, 0.717) is 18.4 Å². The van der Waals surface area contributed by atoms with Crippen molar-refractivity contribution in [3.05, 3.63) is 59.2 Å². The Balaban J connectivity index is 1.99. The van der Waals surface area contributed by atoms with Crippen LogP contribution < -0.4 is 10.1 Å². The predicted molar refractivity (Wildman–Crippen MR) is 81.7 cm³/mol. The summed E-state index contributed by atoms with van der Waals surface area (Å²) in [5.41, 5.74) is 2.72. The van der Waals surface area contributed by atoms with Crippen molar-refractivity contribution in [1.82, 2.24) is 10.3 Å². The summed E-state index contributed by atoms with van der Waals surface area (Å²) in [4.78, 5) is 4.53. The van der Waals surface area contributed by atoms with Gasteiger partial charge in [-0.3, -0.25) is 4.98 Å². The SMILES string of the molecule is Cc1ccc(F)cc1OCc1cccc(CNC(C)C)n1. The summed E-state index contributed by atoms with van der Waals surface area (Å²) in [7, 11) is 0. The zero-order valence-electron chi connectivity index (χ0n) is 12.7. The molecule has 0 radical (unpaired) electrons. The van der Waals surface area contributed by atoms with Gasteiger partial charge in [-0.05, 0) is 30.7 Å². The Morgan fingerprint density at radius 2 is 1.95 bits per heavy atom. The van der Waals surface area contributed by atoms with Crippen LogP contribution in [-0.2, 0) is 13.2 Å². The largest absolute Gasteiger partial charge is 0.487 e. The van der Waals surface area contributed by atoms with E-state index in [9.17, 15) is 4.39 Å². The zero-order chi connectivity index (χ0) is 15.2. The van der Waals surface area contributed by atoms with Crippen molar-refractivity contribution in [2.45, 2.75) is 40.0 Å². The van der Waals surface area contributed by atoms with Gasteiger partial charge in [0.05, 0.1) is 11.4 Å². The number of nitrogens with zero attached hydrogens (tertiary/aromatic N) is 1. The second-order valence-electron chi connectivity index (χ2n) is 5.35. The number of ether oxygens (including phenoxy) is 1. The van der Waals surface area contributed by atoms with E-state index in [4.69, 9.17) is 4.74 Å². The van der Waals surface area contributed by atoms with E-state index in [1.807, 2.05) is 25.1 Å². The molecule has 112 valence electrons. The normalized spacial score (nSPS) is 10.9. The lowest BCUT2D eigenvalue weighted by atomic mass is 10.2. The monoisotopic (exact) mass is 288 g/mol. The summed E-state index contributed by atoms with van der Waals surface area (Å²) >= 11 is 0. The first-order chi connectivity index (χ1) is 10.0. The second-order valence-corrected chi connectivity index (χ2v) is 5.35. The molecular formula is C17H21FN2O. The zero-order valence-corrected chi connectivity index (χ0v) is 12.7. The van der Waals surface area contributed by atoms with Gasteiger partial charge in [0, 0.05) is 18.7 Å². The third-order valence-electron chi connectivity index (χ3n) is 3.08. The van der Waals surface area contributed by atoms with Gasteiger partial charge in [-0.15, -0.1) is 0 Å². The Morgan fingerprint density at radius 1 is 1.19 bits per heavy atom. The van der Waals surface area contributed by atoms with Crippen molar-refractivity contribution in [3.63, 3.8) is 0 Å². The fraction of sp³-hybridized carbons (Fsp3) is 0.353.